The number of aryl methyl sites for hydroxylation is 1. The van der Waals surface area contributed by atoms with Crippen LogP contribution in [0.1, 0.15) is 57.0 Å². The van der Waals surface area contributed by atoms with Crippen LogP contribution in [0.15, 0.2) is 85.1 Å². The number of fused-ring (bicyclic) bond motifs is 1. The maximum absolute atomic E-state index is 13.5. The maximum atomic E-state index is 13.5. The first-order valence-electron chi connectivity index (χ1n) is 16.6. The van der Waals surface area contributed by atoms with Crippen LogP contribution >= 0.6 is 0 Å². The predicted molar refractivity (Wildman–Crippen MR) is 191 cm³/mol. The number of carbonyl (C=O) groups is 1. The van der Waals surface area contributed by atoms with E-state index >= 15 is 0 Å². The van der Waals surface area contributed by atoms with E-state index in [2.05, 4.69) is 83.8 Å². The third kappa shape index (κ3) is 7.73. The second-order valence-electron chi connectivity index (χ2n) is 13.5. The molecule has 1 aliphatic heterocycles. The molecule has 1 unspecified atom stereocenters. The number of anilines is 2. The van der Waals surface area contributed by atoms with Gasteiger partial charge in [0.25, 0.3) is 0 Å². The van der Waals surface area contributed by atoms with Gasteiger partial charge in [0, 0.05) is 55.2 Å². The van der Waals surface area contributed by atoms with Crippen molar-refractivity contribution in [3.05, 3.63) is 102 Å². The molecule has 0 saturated carbocycles. The summed E-state index contributed by atoms with van der Waals surface area (Å²) in [4.78, 5) is 20.2. The highest BCUT2D eigenvalue weighted by atomic mass is 16.5. The van der Waals surface area contributed by atoms with Gasteiger partial charge in [-0.05, 0) is 60.0 Å². The topological polar surface area (TPSA) is 108 Å². The van der Waals surface area contributed by atoms with Gasteiger partial charge in [0.2, 0.25) is 0 Å². The number of nitrogens with zero attached hydrogens (tertiary/aromatic N) is 5. The molecule has 2 amide bonds. The fourth-order valence-corrected chi connectivity index (χ4v) is 6.12. The van der Waals surface area contributed by atoms with E-state index in [4.69, 9.17) is 9.84 Å². The lowest BCUT2D eigenvalue weighted by atomic mass is 9.92. The summed E-state index contributed by atoms with van der Waals surface area (Å²) in [7, 11) is 0. The number of rotatable bonds is 10. The summed E-state index contributed by atoms with van der Waals surface area (Å²) in [6.45, 7) is 11.4. The van der Waals surface area contributed by atoms with Gasteiger partial charge in [-0.15, -0.1) is 0 Å². The summed E-state index contributed by atoms with van der Waals surface area (Å²) in [5.74, 6) is 0.561. The summed E-state index contributed by atoms with van der Waals surface area (Å²) < 4.78 is 7.59. The van der Waals surface area contributed by atoms with E-state index in [9.17, 15) is 10.1 Å². The van der Waals surface area contributed by atoms with E-state index in [0.717, 1.165) is 78.1 Å². The molecule has 2 aromatic heterocycles. The van der Waals surface area contributed by atoms with Gasteiger partial charge >= 0.3 is 6.03 Å². The van der Waals surface area contributed by atoms with Crippen molar-refractivity contribution in [2.45, 2.75) is 65.0 Å². The highest BCUT2D eigenvalue weighted by Crippen LogP contribution is 2.34. The number of pyridine rings is 1. The van der Waals surface area contributed by atoms with Gasteiger partial charge in [-0.1, -0.05) is 75.4 Å². The number of benzene rings is 3. The summed E-state index contributed by atoms with van der Waals surface area (Å²) in [5.41, 5.74) is 6.42. The zero-order valence-electron chi connectivity index (χ0n) is 28.2. The molecule has 9 nitrogen and oxygen atoms in total. The molecular formula is C39H43N7O2. The van der Waals surface area contributed by atoms with Crippen LogP contribution in [-0.2, 0) is 16.7 Å². The van der Waals surface area contributed by atoms with Crippen LogP contribution in [0.25, 0.3) is 27.6 Å². The number of hydrogen-bond acceptors (Lipinski definition) is 6. The largest absolute Gasteiger partial charge is 0.377 e. The molecule has 1 aliphatic rings. The molecule has 5 aromatic rings. The van der Waals surface area contributed by atoms with Crippen molar-refractivity contribution in [2.24, 2.45) is 0 Å². The summed E-state index contributed by atoms with van der Waals surface area (Å²) in [6, 6.07) is 28.5. The second-order valence-corrected chi connectivity index (χ2v) is 13.5. The van der Waals surface area contributed by atoms with Crippen molar-refractivity contribution in [1.82, 2.24) is 19.7 Å². The van der Waals surface area contributed by atoms with Gasteiger partial charge in [-0.25, -0.2) is 9.48 Å². The fourth-order valence-electron chi connectivity index (χ4n) is 6.12. The Kier molecular flexibility index (Phi) is 9.85. The third-order valence-electron chi connectivity index (χ3n) is 8.73. The number of aromatic nitrogens is 3. The second kappa shape index (κ2) is 14.4. The summed E-state index contributed by atoms with van der Waals surface area (Å²) in [5, 5.41) is 22.1. The summed E-state index contributed by atoms with van der Waals surface area (Å²) >= 11 is 0. The molecule has 3 heterocycles. The van der Waals surface area contributed by atoms with E-state index < -0.39 is 0 Å². The molecule has 246 valence electrons. The first kappa shape index (κ1) is 32.9. The van der Waals surface area contributed by atoms with Crippen LogP contribution < -0.4 is 10.6 Å². The molecule has 48 heavy (non-hydrogen) atoms. The quantitative estimate of drug-likeness (QED) is 0.159. The van der Waals surface area contributed by atoms with Gasteiger partial charge < -0.3 is 10.1 Å². The molecule has 0 aliphatic carbocycles. The zero-order chi connectivity index (χ0) is 33.7. The third-order valence-corrected chi connectivity index (χ3v) is 8.73. The van der Waals surface area contributed by atoms with Crippen molar-refractivity contribution < 1.29 is 9.53 Å². The number of nitrogens with one attached hydrogen (secondary N) is 2. The number of nitriles is 1. The molecule has 1 atom stereocenters. The molecule has 0 radical (unpaired) electrons. The highest BCUT2D eigenvalue weighted by Gasteiger charge is 2.22. The highest BCUT2D eigenvalue weighted by molar-refractivity contribution is 6.09. The molecule has 1 fully saturated rings. The Morgan fingerprint density at radius 2 is 1.83 bits per heavy atom. The van der Waals surface area contributed by atoms with Gasteiger partial charge in [0.05, 0.1) is 35.4 Å². The Morgan fingerprint density at radius 1 is 1.04 bits per heavy atom. The van der Waals surface area contributed by atoms with Crippen molar-refractivity contribution in [1.29, 1.82) is 5.26 Å². The van der Waals surface area contributed by atoms with Crippen LogP contribution in [0.3, 0.4) is 0 Å². The number of carbonyl (C=O) groups excluding carboxylic acids is 1. The molecule has 0 spiro atoms. The minimum Gasteiger partial charge on any atom is -0.377 e. The molecule has 1 saturated heterocycles. The van der Waals surface area contributed by atoms with Gasteiger partial charge in [0.1, 0.15) is 5.82 Å². The first-order chi connectivity index (χ1) is 23.2. The molecular weight excluding hydrogens is 598 g/mol. The van der Waals surface area contributed by atoms with Crippen LogP contribution in [0.4, 0.5) is 16.3 Å². The Bertz CT molecular complexity index is 1910. The first-order valence-corrected chi connectivity index (χ1v) is 16.6. The van der Waals surface area contributed by atoms with Crippen LogP contribution in [-0.4, -0.2) is 51.5 Å². The van der Waals surface area contributed by atoms with E-state index in [-0.39, 0.29) is 17.6 Å². The molecule has 0 bridgehead atoms. The predicted octanol–water partition coefficient (Wildman–Crippen LogP) is 8.23. The monoisotopic (exact) mass is 641 g/mol. The maximum Gasteiger partial charge on any atom is 0.324 e. The molecule has 9 heteroatoms. The standard InChI is InChI=1S/C39H43N7O2/c1-27-12-17-30(24-41-27)46-37(23-36(44-46)39(2,3)4)43-38(47)42-35-19-18-32(33-10-5-6-11-34(33)35)29-15-13-28(14-16-29)25-45(21-8-20-40)26-31-9-7-22-48-31/h5-6,10-19,23-24,31H,7-9,21-22,25-26H2,1-4H3,(H2,42,43,47). The van der Waals surface area contributed by atoms with Crippen LogP contribution in [0, 0.1) is 18.3 Å². The van der Waals surface area contributed by atoms with Crippen molar-refractivity contribution in [2.75, 3.05) is 30.3 Å². The minimum atomic E-state index is -0.358. The van der Waals surface area contributed by atoms with Crippen molar-refractivity contribution in [3.8, 4) is 22.9 Å². The lowest BCUT2D eigenvalue weighted by Crippen LogP contribution is -2.32. The normalized spacial score (nSPS) is 14.7. The number of urea groups is 1. The van der Waals surface area contributed by atoms with Crippen molar-refractivity contribution >= 4 is 28.3 Å². The number of ether oxygens (including phenoxy) is 1. The van der Waals surface area contributed by atoms with E-state index in [1.165, 1.54) is 5.56 Å². The van der Waals surface area contributed by atoms with Crippen LogP contribution in [0.5, 0.6) is 0 Å². The Morgan fingerprint density at radius 3 is 2.52 bits per heavy atom. The number of amides is 2. The molecule has 2 N–H and O–H groups in total. The average molecular weight is 642 g/mol. The molecule has 6 rings (SSSR count). The lowest BCUT2D eigenvalue weighted by Gasteiger charge is -2.24. The SMILES string of the molecule is Cc1ccc(-n2nc(C(C)(C)C)cc2NC(=O)Nc2ccc(-c3ccc(CN(CCC#N)CC4CCCO4)cc3)c3ccccc23)cn1. The van der Waals surface area contributed by atoms with Crippen molar-refractivity contribution in [3.63, 3.8) is 0 Å². The smallest absolute Gasteiger partial charge is 0.324 e. The Balaban J connectivity index is 1.21. The molecule has 3 aromatic carbocycles. The summed E-state index contributed by atoms with van der Waals surface area (Å²) in [6.07, 6.45) is 4.69. The van der Waals surface area contributed by atoms with Gasteiger partial charge in [-0.2, -0.15) is 10.4 Å². The van der Waals surface area contributed by atoms with E-state index in [0.29, 0.717) is 17.9 Å². The van der Waals surface area contributed by atoms with Gasteiger partial charge in [-0.3, -0.25) is 15.2 Å². The van der Waals surface area contributed by atoms with E-state index in [1.807, 2.05) is 49.4 Å². The van der Waals surface area contributed by atoms with Gasteiger partial charge in [0.15, 0.2) is 0 Å². The zero-order valence-corrected chi connectivity index (χ0v) is 28.2. The minimum absolute atomic E-state index is 0.207. The number of hydrogen-bond donors (Lipinski definition) is 2. The van der Waals surface area contributed by atoms with Crippen LogP contribution in [0.2, 0.25) is 0 Å². The Hall–Kier alpha value is -5.04. The average Bonchev–Trinajstić information content (AvgIpc) is 3.75. The fraction of sp³-hybridized carbons (Fsp3) is 0.333. The Labute approximate surface area is 282 Å². The lowest BCUT2D eigenvalue weighted by molar-refractivity contribution is 0.0713. The van der Waals surface area contributed by atoms with E-state index in [1.54, 1.807) is 10.9 Å².